The maximum atomic E-state index is 12.3. The molecule has 1 fully saturated rings. The molecule has 2 rings (SSSR count). The van der Waals surface area contributed by atoms with Gasteiger partial charge in [-0.25, -0.2) is 0 Å². The second kappa shape index (κ2) is 4.88. The molecule has 0 heterocycles. The van der Waals surface area contributed by atoms with Gasteiger partial charge in [0.2, 0.25) is 0 Å². The predicted molar refractivity (Wildman–Crippen MR) is 66.0 cm³/mol. The summed E-state index contributed by atoms with van der Waals surface area (Å²) in [7, 11) is 0. The quantitative estimate of drug-likeness (QED) is 0.738. The molecule has 1 aromatic rings. The zero-order chi connectivity index (χ0) is 11.5. The van der Waals surface area contributed by atoms with Crippen LogP contribution in [0.3, 0.4) is 0 Å². The summed E-state index contributed by atoms with van der Waals surface area (Å²) in [4.78, 5) is 14.2. The van der Waals surface area contributed by atoms with Gasteiger partial charge in [0.25, 0.3) is 5.91 Å². The lowest BCUT2D eigenvalue weighted by Gasteiger charge is -2.22. The van der Waals surface area contributed by atoms with Gasteiger partial charge in [-0.2, -0.15) is 0 Å². The third-order valence-electron chi connectivity index (χ3n) is 2.95. The summed E-state index contributed by atoms with van der Waals surface area (Å²) in [6, 6.07) is 8.15. The Kier molecular flexibility index (Phi) is 3.49. The summed E-state index contributed by atoms with van der Waals surface area (Å²) in [5.74, 6) is 0.634. The Balaban J connectivity index is 2.19. The van der Waals surface area contributed by atoms with E-state index < -0.39 is 0 Å². The van der Waals surface area contributed by atoms with E-state index in [0.717, 1.165) is 24.0 Å². The highest BCUT2D eigenvalue weighted by atomic mass is 35.5. The molecule has 0 atom stereocenters. The molecule has 1 aliphatic carbocycles. The van der Waals surface area contributed by atoms with Crippen molar-refractivity contribution >= 4 is 17.5 Å². The maximum Gasteiger partial charge on any atom is 0.254 e. The minimum Gasteiger partial charge on any atom is -0.334 e. The highest BCUT2D eigenvalue weighted by Gasteiger charge is 2.32. The van der Waals surface area contributed by atoms with E-state index in [4.69, 9.17) is 11.6 Å². The van der Waals surface area contributed by atoms with Gasteiger partial charge in [0.15, 0.2) is 0 Å². The Morgan fingerprint density at radius 1 is 1.44 bits per heavy atom. The van der Waals surface area contributed by atoms with Gasteiger partial charge in [0.1, 0.15) is 0 Å². The second-order valence-electron chi connectivity index (χ2n) is 4.23. The zero-order valence-electron chi connectivity index (χ0n) is 9.45. The Morgan fingerprint density at radius 3 is 2.69 bits per heavy atom. The first-order valence-electron chi connectivity index (χ1n) is 5.66. The summed E-state index contributed by atoms with van der Waals surface area (Å²) >= 11 is 5.75. The van der Waals surface area contributed by atoms with Gasteiger partial charge in [-0.05, 0) is 31.4 Å². The van der Waals surface area contributed by atoms with E-state index in [1.807, 2.05) is 36.1 Å². The SMILES string of the molecule is Cc1ccccc1C(=O)N(CCCl)C1CC1. The molecule has 2 nitrogen and oxygen atoms in total. The number of hydrogen-bond donors (Lipinski definition) is 0. The highest BCUT2D eigenvalue weighted by Crippen LogP contribution is 2.28. The normalized spacial score (nSPS) is 14.9. The van der Waals surface area contributed by atoms with Crippen LogP contribution >= 0.6 is 11.6 Å². The topological polar surface area (TPSA) is 20.3 Å². The average molecular weight is 238 g/mol. The highest BCUT2D eigenvalue weighted by molar-refractivity contribution is 6.18. The Morgan fingerprint density at radius 2 is 2.12 bits per heavy atom. The molecular weight excluding hydrogens is 222 g/mol. The number of hydrogen-bond acceptors (Lipinski definition) is 1. The zero-order valence-corrected chi connectivity index (χ0v) is 10.2. The van der Waals surface area contributed by atoms with Crippen molar-refractivity contribution in [2.45, 2.75) is 25.8 Å². The molecule has 0 aromatic heterocycles. The van der Waals surface area contributed by atoms with E-state index in [1.165, 1.54) is 0 Å². The van der Waals surface area contributed by atoms with E-state index in [9.17, 15) is 4.79 Å². The Bertz CT molecular complexity index is 387. The van der Waals surface area contributed by atoms with Gasteiger partial charge in [0.05, 0.1) is 0 Å². The van der Waals surface area contributed by atoms with Gasteiger partial charge in [-0.15, -0.1) is 11.6 Å². The molecule has 0 saturated heterocycles. The molecule has 86 valence electrons. The molecule has 1 aromatic carbocycles. The van der Waals surface area contributed by atoms with E-state index >= 15 is 0 Å². The first kappa shape index (κ1) is 11.5. The molecule has 0 unspecified atom stereocenters. The summed E-state index contributed by atoms with van der Waals surface area (Å²) in [5, 5.41) is 0. The lowest BCUT2D eigenvalue weighted by Crippen LogP contribution is -2.35. The number of carbonyl (C=O) groups excluding carboxylic acids is 1. The number of amides is 1. The number of rotatable bonds is 4. The number of nitrogens with zero attached hydrogens (tertiary/aromatic N) is 1. The number of halogens is 1. The molecule has 0 bridgehead atoms. The van der Waals surface area contributed by atoms with E-state index in [-0.39, 0.29) is 5.91 Å². The minimum atomic E-state index is 0.126. The van der Waals surface area contributed by atoms with Crippen molar-refractivity contribution < 1.29 is 4.79 Å². The van der Waals surface area contributed by atoms with Crippen LogP contribution in [0, 0.1) is 6.92 Å². The van der Waals surface area contributed by atoms with Crippen molar-refractivity contribution in [3.63, 3.8) is 0 Å². The maximum absolute atomic E-state index is 12.3. The molecule has 1 aliphatic rings. The van der Waals surface area contributed by atoms with Crippen LogP contribution in [0.1, 0.15) is 28.8 Å². The molecule has 1 saturated carbocycles. The molecule has 1 amide bonds. The summed E-state index contributed by atoms with van der Waals surface area (Å²) in [5.41, 5.74) is 1.84. The lowest BCUT2D eigenvalue weighted by molar-refractivity contribution is 0.0753. The van der Waals surface area contributed by atoms with Crippen molar-refractivity contribution in [1.29, 1.82) is 0 Å². The van der Waals surface area contributed by atoms with Gasteiger partial charge in [0, 0.05) is 24.0 Å². The molecule has 0 spiro atoms. The van der Waals surface area contributed by atoms with Gasteiger partial charge < -0.3 is 4.90 Å². The monoisotopic (exact) mass is 237 g/mol. The first-order valence-corrected chi connectivity index (χ1v) is 6.20. The third-order valence-corrected chi connectivity index (χ3v) is 3.12. The van der Waals surface area contributed by atoms with E-state index in [0.29, 0.717) is 18.5 Å². The second-order valence-corrected chi connectivity index (χ2v) is 4.61. The Hall–Kier alpha value is -1.02. The molecule has 3 heteroatoms. The van der Waals surface area contributed by atoms with Crippen LogP contribution < -0.4 is 0 Å². The summed E-state index contributed by atoms with van der Waals surface area (Å²) in [6.07, 6.45) is 2.24. The van der Waals surface area contributed by atoms with Crippen molar-refractivity contribution in [1.82, 2.24) is 4.90 Å². The molecule has 0 radical (unpaired) electrons. The smallest absolute Gasteiger partial charge is 0.254 e. The van der Waals surface area contributed by atoms with E-state index in [2.05, 4.69) is 0 Å². The van der Waals surface area contributed by atoms with Crippen LogP contribution in [0.4, 0.5) is 0 Å². The fraction of sp³-hybridized carbons (Fsp3) is 0.462. The molecular formula is C13H16ClNO. The van der Waals surface area contributed by atoms with Crippen molar-refractivity contribution in [3.05, 3.63) is 35.4 Å². The first-order chi connectivity index (χ1) is 7.74. The van der Waals surface area contributed by atoms with Crippen LogP contribution in [0.25, 0.3) is 0 Å². The predicted octanol–water partition coefficient (Wildman–Crippen LogP) is 2.84. The summed E-state index contributed by atoms with van der Waals surface area (Å²) in [6.45, 7) is 2.62. The number of carbonyl (C=O) groups is 1. The summed E-state index contributed by atoms with van der Waals surface area (Å²) < 4.78 is 0. The third kappa shape index (κ3) is 2.38. The fourth-order valence-corrected chi connectivity index (χ4v) is 2.08. The fourth-order valence-electron chi connectivity index (χ4n) is 1.89. The minimum absolute atomic E-state index is 0.126. The van der Waals surface area contributed by atoms with Crippen LogP contribution in [-0.2, 0) is 0 Å². The Labute approximate surface area is 101 Å². The number of alkyl halides is 1. The standard InChI is InChI=1S/C13H16ClNO/c1-10-4-2-3-5-12(10)13(16)15(9-8-14)11-6-7-11/h2-5,11H,6-9H2,1H3. The van der Waals surface area contributed by atoms with Crippen LogP contribution in [0.5, 0.6) is 0 Å². The van der Waals surface area contributed by atoms with Crippen LogP contribution in [0.2, 0.25) is 0 Å². The van der Waals surface area contributed by atoms with Crippen molar-refractivity contribution in [3.8, 4) is 0 Å². The largest absolute Gasteiger partial charge is 0.334 e. The van der Waals surface area contributed by atoms with Crippen LogP contribution in [-0.4, -0.2) is 29.3 Å². The molecule has 16 heavy (non-hydrogen) atoms. The van der Waals surface area contributed by atoms with Gasteiger partial charge >= 0.3 is 0 Å². The number of aryl methyl sites for hydroxylation is 1. The van der Waals surface area contributed by atoms with E-state index in [1.54, 1.807) is 0 Å². The van der Waals surface area contributed by atoms with Crippen LogP contribution in [0.15, 0.2) is 24.3 Å². The average Bonchev–Trinajstić information content (AvgIpc) is 3.09. The lowest BCUT2D eigenvalue weighted by atomic mass is 10.1. The van der Waals surface area contributed by atoms with Gasteiger partial charge in [-0.3, -0.25) is 4.79 Å². The van der Waals surface area contributed by atoms with Gasteiger partial charge in [-0.1, -0.05) is 18.2 Å². The van der Waals surface area contributed by atoms with Crippen molar-refractivity contribution in [2.75, 3.05) is 12.4 Å². The molecule has 0 N–H and O–H groups in total. The molecule has 0 aliphatic heterocycles. The van der Waals surface area contributed by atoms with Crippen molar-refractivity contribution in [2.24, 2.45) is 0 Å². The number of benzene rings is 1.